The number of likely N-dealkylation sites (tertiary alicyclic amines) is 1. The molecule has 0 spiro atoms. The van der Waals surface area contributed by atoms with Gasteiger partial charge in [0, 0.05) is 42.7 Å². The zero-order valence-corrected chi connectivity index (χ0v) is 14.3. The van der Waals surface area contributed by atoms with Gasteiger partial charge < -0.3 is 10.0 Å². The maximum atomic E-state index is 13.9. The molecule has 1 aliphatic rings. The normalized spacial score (nSPS) is 16.7. The minimum atomic E-state index is -1.26. The van der Waals surface area contributed by atoms with Crippen molar-refractivity contribution in [2.75, 3.05) is 13.1 Å². The van der Waals surface area contributed by atoms with Gasteiger partial charge in [-0.3, -0.25) is 9.78 Å². The molecule has 0 saturated carbocycles. The molecule has 5 nitrogen and oxygen atoms in total. The van der Waals surface area contributed by atoms with E-state index in [-0.39, 0.29) is 11.5 Å². The summed E-state index contributed by atoms with van der Waals surface area (Å²) in [6, 6.07) is 8.95. The number of piperidine rings is 1. The summed E-state index contributed by atoms with van der Waals surface area (Å²) in [4.78, 5) is 22.1. The fourth-order valence-corrected chi connectivity index (χ4v) is 3.26. The molecule has 0 radical (unpaired) electrons. The smallest absolute Gasteiger partial charge is 0.222 e. The van der Waals surface area contributed by atoms with Gasteiger partial charge in [0.25, 0.3) is 0 Å². The maximum absolute atomic E-state index is 13.9. The highest BCUT2D eigenvalue weighted by Crippen LogP contribution is 2.33. The highest BCUT2D eigenvalue weighted by Gasteiger charge is 2.37. The zero-order valence-electron chi connectivity index (χ0n) is 14.3. The van der Waals surface area contributed by atoms with Crippen LogP contribution in [0.15, 0.2) is 36.5 Å². The van der Waals surface area contributed by atoms with Crippen molar-refractivity contribution in [3.8, 4) is 0 Å². The summed E-state index contributed by atoms with van der Waals surface area (Å²) < 4.78 is 13.9. The fourth-order valence-electron chi connectivity index (χ4n) is 3.26. The third kappa shape index (κ3) is 4.02. The number of amides is 1. The summed E-state index contributed by atoms with van der Waals surface area (Å²) in [5.41, 5.74) is 0.796. The summed E-state index contributed by atoms with van der Waals surface area (Å²) in [6.07, 6.45) is 2.96. The molecule has 0 unspecified atom stereocenters. The van der Waals surface area contributed by atoms with E-state index in [9.17, 15) is 14.3 Å². The van der Waals surface area contributed by atoms with Gasteiger partial charge in [0.1, 0.15) is 0 Å². The molecule has 0 atom stereocenters. The molecule has 1 fully saturated rings. The Balaban J connectivity index is 1.56. The van der Waals surface area contributed by atoms with Crippen LogP contribution in [0.4, 0.5) is 4.39 Å². The van der Waals surface area contributed by atoms with Crippen molar-refractivity contribution in [2.45, 2.75) is 38.2 Å². The molecule has 0 aromatic carbocycles. The number of halogens is 1. The number of hydrogen-bond acceptors (Lipinski definition) is 4. The molecular formula is C19H22FN3O2. The second-order valence-corrected chi connectivity index (χ2v) is 6.52. The van der Waals surface area contributed by atoms with Crippen LogP contribution in [0.1, 0.15) is 36.2 Å². The van der Waals surface area contributed by atoms with Gasteiger partial charge in [-0.05, 0) is 44.4 Å². The Hall–Kier alpha value is -2.34. The van der Waals surface area contributed by atoms with Crippen molar-refractivity contribution >= 4 is 5.91 Å². The molecule has 3 heterocycles. The third-order valence-electron chi connectivity index (χ3n) is 4.74. The number of carbonyl (C=O) groups is 1. The first-order valence-electron chi connectivity index (χ1n) is 8.52. The Morgan fingerprint density at radius 3 is 2.72 bits per heavy atom. The molecule has 0 aliphatic carbocycles. The van der Waals surface area contributed by atoms with Crippen LogP contribution in [0.3, 0.4) is 0 Å². The van der Waals surface area contributed by atoms with Crippen LogP contribution in [0, 0.1) is 12.9 Å². The number of pyridine rings is 2. The van der Waals surface area contributed by atoms with E-state index in [1.165, 1.54) is 6.20 Å². The van der Waals surface area contributed by atoms with Crippen LogP contribution in [0.2, 0.25) is 0 Å². The number of aliphatic hydroxyl groups is 1. The molecule has 2 aromatic heterocycles. The molecule has 6 heteroatoms. The van der Waals surface area contributed by atoms with Crippen molar-refractivity contribution in [2.24, 2.45) is 0 Å². The van der Waals surface area contributed by atoms with E-state index in [0.29, 0.717) is 38.8 Å². The maximum Gasteiger partial charge on any atom is 0.222 e. The Labute approximate surface area is 146 Å². The van der Waals surface area contributed by atoms with Crippen LogP contribution in [0.5, 0.6) is 0 Å². The lowest BCUT2D eigenvalue weighted by Gasteiger charge is -2.38. The average molecular weight is 343 g/mol. The lowest BCUT2D eigenvalue weighted by atomic mass is 9.85. The first kappa shape index (κ1) is 17.5. The predicted octanol–water partition coefficient (Wildman–Crippen LogP) is 2.37. The van der Waals surface area contributed by atoms with Crippen LogP contribution >= 0.6 is 0 Å². The van der Waals surface area contributed by atoms with Crippen molar-refractivity contribution in [1.29, 1.82) is 0 Å². The second kappa shape index (κ2) is 7.27. The van der Waals surface area contributed by atoms with Crippen LogP contribution in [-0.2, 0) is 16.8 Å². The quantitative estimate of drug-likeness (QED) is 0.866. The van der Waals surface area contributed by atoms with Crippen molar-refractivity contribution in [3.05, 3.63) is 59.4 Å². The first-order valence-corrected chi connectivity index (χ1v) is 8.52. The van der Waals surface area contributed by atoms with Crippen molar-refractivity contribution in [1.82, 2.24) is 14.9 Å². The van der Waals surface area contributed by atoms with E-state index in [0.717, 1.165) is 11.4 Å². The van der Waals surface area contributed by atoms with E-state index in [2.05, 4.69) is 9.97 Å². The van der Waals surface area contributed by atoms with E-state index in [1.807, 2.05) is 25.1 Å². The topological polar surface area (TPSA) is 66.3 Å². The largest absolute Gasteiger partial charge is 0.385 e. The molecule has 1 amide bonds. The van der Waals surface area contributed by atoms with E-state index in [4.69, 9.17) is 0 Å². The van der Waals surface area contributed by atoms with Gasteiger partial charge in [0.05, 0.1) is 5.60 Å². The first-order chi connectivity index (χ1) is 12.0. The minimum absolute atomic E-state index is 0.0389. The number of aryl methyl sites for hydroxylation is 2. The summed E-state index contributed by atoms with van der Waals surface area (Å²) in [6.45, 7) is 2.74. The van der Waals surface area contributed by atoms with E-state index in [1.54, 1.807) is 17.0 Å². The second-order valence-electron chi connectivity index (χ2n) is 6.52. The molecule has 25 heavy (non-hydrogen) atoms. The Morgan fingerprint density at radius 2 is 2.04 bits per heavy atom. The minimum Gasteiger partial charge on any atom is -0.385 e. The van der Waals surface area contributed by atoms with Gasteiger partial charge in [-0.2, -0.15) is 4.39 Å². The van der Waals surface area contributed by atoms with Crippen LogP contribution < -0.4 is 0 Å². The third-order valence-corrected chi connectivity index (χ3v) is 4.74. The van der Waals surface area contributed by atoms with E-state index >= 15 is 0 Å². The highest BCUT2D eigenvalue weighted by molar-refractivity contribution is 5.76. The molecule has 1 N–H and O–H groups in total. The van der Waals surface area contributed by atoms with E-state index < -0.39 is 11.5 Å². The van der Waals surface area contributed by atoms with Crippen molar-refractivity contribution < 1.29 is 14.3 Å². The summed E-state index contributed by atoms with van der Waals surface area (Å²) in [7, 11) is 0. The number of aromatic nitrogens is 2. The lowest BCUT2D eigenvalue weighted by Crippen LogP contribution is -2.45. The summed E-state index contributed by atoms with van der Waals surface area (Å²) in [5, 5.41) is 10.7. The molecular weight excluding hydrogens is 321 g/mol. The summed E-state index contributed by atoms with van der Waals surface area (Å²) in [5.74, 6) is -0.604. The van der Waals surface area contributed by atoms with Gasteiger partial charge >= 0.3 is 0 Å². The predicted molar refractivity (Wildman–Crippen MR) is 91.2 cm³/mol. The number of hydrogen-bond donors (Lipinski definition) is 1. The number of carbonyl (C=O) groups excluding carboxylic acids is 1. The molecule has 3 rings (SSSR count). The number of rotatable bonds is 4. The zero-order chi connectivity index (χ0) is 17.9. The molecule has 1 saturated heterocycles. The molecule has 2 aromatic rings. The van der Waals surface area contributed by atoms with Gasteiger partial charge in [-0.1, -0.05) is 12.1 Å². The fraction of sp³-hybridized carbons (Fsp3) is 0.421. The van der Waals surface area contributed by atoms with Gasteiger partial charge in [-0.15, -0.1) is 0 Å². The molecule has 132 valence electrons. The lowest BCUT2D eigenvalue weighted by molar-refractivity contribution is -0.135. The SMILES string of the molecule is Cc1cccc(CCC(=O)N2CCC(O)(c3cccnc3F)CC2)n1. The van der Waals surface area contributed by atoms with Crippen molar-refractivity contribution in [3.63, 3.8) is 0 Å². The standard InChI is InChI=1S/C19H22FN3O2/c1-14-4-2-5-15(22-14)7-8-17(24)23-12-9-19(25,10-13-23)16-6-3-11-21-18(16)20/h2-6,11,25H,7-10,12-13H2,1H3. The highest BCUT2D eigenvalue weighted by atomic mass is 19.1. The van der Waals surface area contributed by atoms with Crippen LogP contribution in [0.25, 0.3) is 0 Å². The Morgan fingerprint density at radius 1 is 1.28 bits per heavy atom. The molecule has 0 bridgehead atoms. The summed E-state index contributed by atoms with van der Waals surface area (Å²) >= 11 is 0. The molecule has 1 aliphatic heterocycles. The Bertz CT molecular complexity index is 758. The monoisotopic (exact) mass is 343 g/mol. The average Bonchev–Trinajstić information content (AvgIpc) is 2.61. The number of nitrogens with zero attached hydrogens (tertiary/aromatic N) is 3. The van der Waals surface area contributed by atoms with Crippen LogP contribution in [-0.4, -0.2) is 39.0 Å². The Kier molecular flexibility index (Phi) is 5.08. The van der Waals surface area contributed by atoms with Gasteiger partial charge in [0.15, 0.2) is 0 Å². The van der Waals surface area contributed by atoms with Gasteiger partial charge in [0.2, 0.25) is 11.9 Å². The van der Waals surface area contributed by atoms with Gasteiger partial charge in [-0.25, -0.2) is 4.98 Å².